The second-order valence-corrected chi connectivity index (χ2v) is 7.44. The predicted molar refractivity (Wildman–Crippen MR) is 123 cm³/mol. The molecule has 0 fully saturated rings. The molecule has 4 aromatic rings. The van der Waals surface area contributed by atoms with E-state index in [1.165, 1.54) is 24.1 Å². The first kappa shape index (κ1) is 22.4. The van der Waals surface area contributed by atoms with E-state index < -0.39 is 11.9 Å². The maximum atomic E-state index is 13.7. The number of amides is 2. The number of methoxy groups -OCH3 is 1. The topological polar surface area (TPSA) is 113 Å². The van der Waals surface area contributed by atoms with Crippen LogP contribution in [0.1, 0.15) is 21.5 Å². The second-order valence-electron chi connectivity index (χ2n) is 7.44. The zero-order chi connectivity index (χ0) is 24.4. The van der Waals surface area contributed by atoms with E-state index in [0.717, 1.165) is 17.2 Å². The lowest BCUT2D eigenvalue weighted by atomic mass is 10.1. The molecule has 4 rings (SSSR count). The van der Waals surface area contributed by atoms with Crippen molar-refractivity contribution in [2.24, 2.45) is 0 Å². The van der Waals surface area contributed by atoms with Crippen LogP contribution in [-0.4, -0.2) is 40.5 Å². The third-order valence-corrected chi connectivity index (χ3v) is 5.27. The summed E-state index contributed by atoms with van der Waals surface area (Å²) in [7, 11) is 2.82. The number of aromatic nitrogens is 3. The van der Waals surface area contributed by atoms with E-state index in [1.807, 2.05) is 6.92 Å². The van der Waals surface area contributed by atoms with Crippen LogP contribution in [-0.2, 0) is 4.74 Å². The van der Waals surface area contributed by atoms with Gasteiger partial charge >= 0.3 is 6.09 Å². The number of carbonyl (C=O) groups excluding carboxylic acids is 2. The number of nitrogens with zero attached hydrogens (tertiary/aromatic N) is 5. The Morgan fingerprint density at radius 1 is 1.18 bits per heavy atom. The molecule has 3 aromatic heterocycles. The van der Waals surface area contributed by atoms with Crippen molar-refractivity contribution in [3.8, 4) is 17.3 Å². The van der Waals surface area contributed by atoms with Gasteiger partial charge in [0.15, 0.2) is 0 Å². The number of aryl methyl sites for hydroxylation is 1. The Morgan fingerprint density at radius 2 is 1.97 bits per heavy atom. The Kier molecular flexibility index (Phi) is 5.93. The minimum Gasteiger partial charge on any atom is -0.453 e. The van der Waals surface area contributed by atoms with Gasteiger partial charge in [0, 0.05) is 30.7 Å². The summed E-state index contributed by atoms with van der Waals surface area (Å²) in [6.07, 6.45) is 4.29. The average molecular weight is 458 g/mol. The highest BCUT2D eigenvalue weighted by molar-refractivity contribution is 6.06. The van der Waals surface area contributed by atoms with Crippen molar-refractivity contribution in [3.63, 3.8) is 0 Å². The number of hydrogen-bond acceptors (Lipinski definition) is 6. The minimum absolute atomic E-state index is 0.140. The molecule has 0 saturated heterocycles. The Balaban J connectivity index is 1.69. The van der Waals surface area contributed by atoms with Crippen LogP contribution in [0.4, 0.5) is 20.7 Å². The van der Waals surface area contributed by atoms with E-state index in [1.54, 1.807) is 54.3 Å². The molecule has 0 spiro atoms. The summed E-state index contributed by atoms with van der Waals surface area (Å²) >= 11 is 0. The van der Waals surface area contributed by atoms with Crippen molar-refractivity contribution in [2.75, 3.05) is 24.4 Å². The maximum Gasteiger partial charge on any atom is 0.412 e. The molecule has 0 aliphatic carbocycles. The number of halogens is 1. The number of fused-ring (bicyclic) bond motifs is 1. The summed E-state index contributed by atoms with van der Waals surface area (Å²) in [4.78, 5) is 34.6. The van der Waals surface area contributed by atoms with Crippen molar-refractivity contribution in [2.45, 2.75) is 6.92 Å². The second kappa shape index (κ2) is 8.99. The smallest absolute Gasteiger partial charge is 0.412 e. The molecule has 0 atom stereocenters. The molecule has 9 nitrogen and oxygen atoms in total. The van der Waals surface area contributed by atoms with E-state index >= 15 is 0 Å². The molecule has 0 saturated carbocycles. The van der Waals surface area contributed by atoms with Crippen molar-refractivity contribution in [3.05, 3.63) is 77.5 Å². The first-order chi connectivity index (χ1) is 16.3. The molecule has 0 bridgehead atoms. The van der Waals surface area contributed by atoms with Gasteiger partial charge in [-0.05, 0) is 48.9 Å². The lowest BCUT2D eigenvalue weighted by Crippen LogP contribution is -2.26. The summed E-state index contributed by atoms with van der Waals surface area (Å²) in [5.41, 5.74) is 3.49. The van der Waals surface area contributed by atoms with Gasteiger partial charge in [-0.2, -0.15) is 5.26 Å². The fourth-order valence-electron chi connectivity index (χ4n) is 3.48. The lowest BCUT2D eigenvalue weighted by molar-refractivity contribution is 0.0992. The molecular formula is C24H19FN6O3. The molecule has 0 radical (unpaired) electrons. The van der Waals surface area contributed by atoms with Crippen molar-refractivity contribution in [1.29, 1.82) is 5.26 Å². The molecule has 1 aromatic carbocycles. The highest BCUT2D eigenvalue weighted by Crippen LogP contribution is 2.25. The van der Waals surface area contributed by atoms with Gasteiger partial charge in [0.1, 0.15) is 23.4 Å². The molecular weight excluding hydrogens is 439 g/mol. The van der Waals surface area contributed by atoms with Crippen LogP contribution >= 0.6 is 0 Å². The average Bonchev–Trinajstić information content (AvgIpc) is 3.28. The summed E-state index contributed by atoms with van der Waals surface area (Å²) < 4.78 is 20.0. The molecule has 0 aliphatic rings. The monoisotopic (exact) mass is 458 g/mol. The highest BCUT2D eigenvalue weighted by Gasteiger charge is 2.18. The third kappa shape index (κ3) is 4.14. The molecule has 3 heterocycles. The summed E-state index contributed by atoms with van der Waals surface area (Å²) in [6, 6.07) is 10.8. The molecule has 34 heavy (non-hydrogen) atoms. The van der Waals surface area contributed by atoms with Crippen LogP contribution in [0.25, 0.3) is 16.9 Å². The zero-order valence-corrected chi connectivity index (χ0v) is 18.5. The molecule has 170 valence electrons. The number of rotatable bonds is 4. The number of imidazole rings is 1. The first-order valence-corrected chi connectivity index (χ1v) is 10.1. The Bertz CT molecular complexity index is 1460. The van der Waals surface area contributed by atoms with E-state index in [-0.39, 0.29) is 11.5 Å². The number of pyridine rings is 2. The van der Waals surface area contributed by atoms with Gasteiger partial charge in [0.2, 0.25) is 0 Å². The van der Waals surface area contributed by atoms with Crippen LogP contribution in [0.5, 0.6) is 0 Å². The van der Waals surface area contributed by atoms with Gasteiger partial charge in [-0.15, -0.1) is 0 Å². The number of ether oxygens (including phenoxy) is 1. The fourth-order valence-corrected chi connectivity index (χ4v) is 3.48. The van der Waals surface area contributed by atoms with Gasteiger partial charge < -0.3 is 9.64 Å². The van der Waals surface area contributed by atoms with Gasteiger partial charge in [-0.25, -0.2) is 19.2 Å². The van der Waals surface area contributed by atoms with Gasteiger partial charge in [-0.3, -0.25) is 14.5 Å². The number of carbonyl (C=O) groups is 2. The first-order valence-electron chi connectivity index (χ1n) is 10.1. The van der Waals surface area contributed by atoms with Crippen LogP contribution in [0.15, 0.2) is 55.0 Å². The molecule has 1 N–H and O–H groups in total. The quantitative estimate of drug-likeness (QED) is 0.491. The lowest BCUT2D eigenvalue weighted by Gasteiger charge is -2.18. The number of anilines is 2. The Labute approximate surface area is 194 Å². The normalized spacial score (nSPS) is 10.6. The zero-order valence-electron chi connectivity index (χ0n) is 18.5. The van der Waals surface area contributed by atoms with Gasteiger partial charge in [0.25, 0.3) is 5.91 Å². The minimum atomic E-state index is -0.645. The van der Waals surface area contributed by atoms with Crippen molar-refractivity contribution in [1.82, 2.24) is 14.4 Å². The van der Waals surface area contributed by atoms with Crippen LogP contribution in [0.2, 0.25) is 0 Å². The third-order valence-electron chi connectivity index (χ3n) is 5.27. The van der Waals surface area contributed by atoms with Crippen molar-refractivity contribution >= 4 is 29.2 Å². The van der Waals surface area contributed by atoms with Crippen LogP contribution in [0.3, 0.4) is 0 Å². The van der Waals surface area contributed by atoms with E-state index in [4.69, 9.17) is 5.26 Å². The van der Waals surface area contributed by atoms with E-state index in [0.29, 0.717) is 28.4 Å². The Hall–Kier alpha value is -4.78. The number of benzene rings is 1. The number of nitriles is 1. The highest BCUT2D eigenvalue weighted by atomic mass is 19.1. The van der Waals surface area contributed by atoms with E-state index in [9.17, 15) is 14.0 Å². The van der Waals surface area contributed by atoms with Gasteiger partial charge in [-0.1, -0.05) is 0 Å². The molecule has 10 heteroatoms. The predicted octanol–water partition coefficient (Wildman–Crippen LogP) is 4.17. The van der Waals surface area contributed by atoms with Crippen molar-refractivity contribution < 1.29 is 18.7 Å². The van der Waals surface area contributed by atoms with Gasteiger partial charge in [0.05, 0.1) is 30.1 Å². The van der Waals surface area contributed by atoms with Crippen LogP contribution < -0.4 is 10.2 Å². The Morgan fingerprint density at radius 3 is 2.65 bits per heavy atom. The molecule has 0 unspecified atom stereocenters. The van der Waals surface area contributed by atoms with E-state index in [2.05, 4.69) is 20.0 Å². The number of nitrogens with one attached hydrogen (secondary N) is 1. The summed E-state index contributed by atoms with van der Waals surface area (Å²) in [5.74, 6) is -0.654. The summed E-state index contributed by atoms with van der Waals surface area (Å²) in [6.45, 7) is 1.84. The van der Waals surface area contributed by atoms with Crippen LogP contribution in [0, 0.1) is 24.1 Å². The summed E-state index contributed by atoms with van der Waals surface area (Å²) in [5, 5.41) is 11.6. The SMILES string of the molecule is COC(=O)Nc1ccc(-c2cnc3c(C)cc(C(=O)N(C)c4ccc(F)c(C#N)c4)cn23)cn1. The molecule has 2 amide bonds. The maximum absolute atomic E-state index is 13.7. The molecule has 0 aliphatic heterocycles. The largest absolute Gasteiger partial charge is 0.453 e. The fraction of sp³-hybridized carbons (Fsp3) is 0.125. The standard InChI is InChI=1S/C24H19FN6O3/c1-14-8-17(23(32)30(2)18-5-6-19(25)16(9-18)10-26)13-31-20(12-28-22(14)31)15-4-7-21(27-11-15)29-24(33)34-3/h4-9,11-13H,1-3H3,(H,27,29,33). The number of hydrogen-bond donors (Lipinski definition) is 1.